The van der Waals surface area contributed by atoms with Crippen LogP contribution in [0.3, 0.4) is 0 Å². The fraction of sp³-hybridized carbons (Fsp3) is 1.00. The number of hydrogen-bond acceptors (Lipinski definition) is 1. The van der Waals surface area contributed by atoms with Gasteiger partial charge in [0.1, 0.15) is 0 Å². The molecule has 1 N–H and O–H groups in total. The Hall–Kier alpha value is -0.0400. The van der Waals surface area contributed by atoms with Crippen molar-refractivity contribution in [3.05, 3.63) is 0 Å². The fourth-order valence-corrected chi connectivity index (χ4v) is 3.39. The second kappa shape index (κ2) is 6.93. The summed E-state index contributed by atoms with van der Waals surface area (Å²) in [5.41, 5.74) is 0.517. The van der Waals surface area contributed by atoms with E-state index in [4.69, 9.17) is 0 Å². The van der Waals surface area contributed by atoms with Crippen molar-refractivity contribution in [3.63, 3.8) is 0 Å². The summed E-state index contributed by atoms with van der Waals surface area (Å²) in [5.74, 6) is 2.68. The SMILES string of the molecule is CC(C)CC(C)NCC1CCC(C(C)(C)C)CC1. The van der Waals surface area contributed by atoms with E-state index in [0.717, 1.165) is 17.8 Å². The maximum Gasteiger partial charge on any atom is 0.00412 e. The molecule has 1 fully saturated rings. The molecule has 1 rings (SSSR count). The van der Waals surface area contributed by atoms with Gasteiger partial charge in [-0.3, -0.25) is 0 Å². The highest BCUT2D eigenvalue weighted by molar-refractivity contribution is 4.81. The third-order valence-electron chi connectivity index (χ3n) is 4.65. The molecule has 18 heavy (non-hydrogen) atoms. The molecule has 0 aromatic rings. The lowest BCUT2D eigenvalue weighted by molar-refractivity contribution is 0.147. The van der Waals surface area contributed by atoms with Gasteiger partial charge in [0.2, 0.25) is 0 Å². The zero-order valence-corrected chi connectivity index (χ0v) is 13.6. The third kappa shape index (κ3) is 5.73. The molecular formula is C17H35N. The van der Waals surface area contributed by atoms with E-state index in [1.54, 1.807) is 0 Å². The predicted molar refractivity (Wildman–Crippen MR) is 81.8 cm³/mol. The van der Waals surface area contributed by atoms with Crippen LogP contribution in [0.2, 0.25) is 0 Å². The van der Waals surface area contributed by atoms with Gasteiger partial charge in [-0.05, 0) is 68.7 Å². The zero-order valence-electron chi connectivity index (χ0n) is 13.6. The van der Waals surface area contributed by atoms with Gasteiger partial charge in [-0.1, -0.05) is 34.6 Å². The molecular weight excluding hydrogens is 218 g/mol. The molecule has 0 aromatic heterocycles. The molecule has 0 spiro atoms. The van der Waals surface area contributed by atoms with Crippen molar-refractivity contribution in [1.82, 2.24) is 5.32 Å². The minimum absolute atomic E-state index is 0.517. The molecule has 0 amide bonds. The summed E-state index contributed by atoms with van der Waals surface area (Å²) < 4.78 is 0. The molecule has 1 atom stereocenters. The van der Waals surface area contributed by atoms with Gasteiger partial charge >= 0.3 is 0 Å². The molecule has 0 aromatic carbocycles. The first-order chi connectivity index (χ1) is 8.29. The predicted octanol–water partition coefficient (Wildman–Crippen LogP) is 4.86. The first-order valence-corrected chi connectivity index (χ1v) is 8.02. The molecule has 1 unspecified atom stereocenters. The highest BCUT2D eigenvalue weighted by Crippen LogP contribution is 2.39. The van der Waals surface area contributed by atoms with E-state index in [9.17, 15) is 0 Å². The lowest BCUT2D eigenvalue weighted by atomic mass is 9.70. The maximum absolute atomic E-state index is 3.74. The molecule has 0 radical (unpaired) electrons. The number of rotatable bonds is 5. The molecule has 1 aliphatic carbocycles. The van der Waals surface area contributed by atoms with E-state index in [2.05, 4.69) is 46.9 Å². The molecule has 108 valence electrons. The first kappa shape index (κ1) is 16.0. The Bertz CT molecular complexity index is 218. The van der Waals surface area contributed by atoms with E-state index < -0.39 is 0 Å². The molecule has 0 aliphatic heterocycles. The third-order valence-corrected chi connectivity index (χ3v) is 4.65. The summed E-state index contributed by atoms with van der Waals surface area (Å²) in [5, 5.41) is 3.74. The summed E-state index contributed by atoms with van der Waals surface area (Å²) in [7, 11) is 0. The Morgan fingerprint density at radius 1 is 1.00 bits per heavy atom. The topological polar surface area (TPSA) is 12.0 Å². The average molecular weight is 253 g/mol. The van der Waals surface area contributed by atoms with Crippen molar-refractivity contribution in [2.24, 2.45) is 23.2 Å². The van der Waals surface area contributed by atoms with Crippen molar-refractivity contribution < 1.29 is 0 Å². The number of nitrogens with one attached hydrogen (secondary N) is 1. The van der Waals surface area contributed by atoms with Gasteiger partial charge in [-0.2, -0.15) is 0 Å². The van der Waals surface area contributed by atoms with Crippen molar-refractivity contribution in [2.45, 2.75) is 79.7 Å². The Kier molecular flexibility index (Phi) is 6.17. The lowest BCUT2D eigenvalue weighted by Crippen LogP contribution is -2.35. The van der Waals surface area contributed by atoms with Crippen LogP contribution in [0, 0.1) is 23.2 Å². The first-order valence-electron chi connectivity index (χ1n) is 8.02. The monoisotopic (exact) mass is 253 g/mol. The number of hydrogen-bond donors (Lipinski definition) is 1. The van der Waals surface area contributed by atoms with Crippen LogP contribution in [-0.4, -0.2) is 12.6 Å². The van der Waals surface area contributed by atoms with Crippen LogP contribution in [-0.2, 0) is 0 Å². The van der Waals surface area contributed by atoms with Gasteiger partial charge < -0.3 is 5.32 Å². The lowest BCUT2D eigenvalue weighted by Gasteiger charge is -2.37. The average Bonchev–Trinajstić information content (AvgIpc) is 2.25. The largest absolute Gasteiger partial charge is 0.314 e. The molecule has 0 bridgehead atoms. The summed E-state index contributed by atoms with van der Waals surface area (Å²) in [6, 6.07) is 0.685. The fourth-order valence-electron chi connectivity index (χ4n) is 3.39. The van der Waals surface area contributed by atoms with Crippen LogP contribution in [0.4, 0.5) is 0 Å². The summed E-state index contributed by atoms with van der Waals surface area (Å²) in [4.78, 5) is 0. The van der Waals surface area contributed by atoms with Gasteiger partial charge in [-0.25, -0.2) is 0 Å². The Labute approximate surface area is 115 Å². The minimum Gasteiger partial charge on any atom is -0.314 e. The molecule has 1 aliphatic rings. The highest BCUT2D eigenvalue weighted by atomic mass is 14.9. The normalized spacial score (nSPS) is 27.5. The van der Waals surface area contributed by atoms with E-state index >= 15 is 0 Å². The molecule has 0 saturated heterocycles. The van der Waals surface area contributed by atoms with Gasteiger partial charge in [-0.15, -0.1) is 0 Å². The van der Waals surface area contributed by atoms with Crippen LogP contribution in [0.1, 0.15) is 73.6 Å². The van der Waals surface area contributed by atoms with Crippen LogP contribution in [0.25, 0.3) is 0 Å². The van der Waals surface area contributed by atoms with Crippen LogP contribution in [0.15, 0.2) is 0 Å². The quantitative estimate of drug-likeness (QED) is 0.737. The van der Waals surface area contributed by atoms with Crippen molar-refractivity contribution in [3.8, 4) is 0 Å². The molecule has 1 heteroatoms. The van der Waals surface area contributed by atoms with E-state index in [-0.39, 0.29) is 0 Å². The van der Waals surface area contributed by atoms with Crippen molar-refractivity contribution in [1.29, 1.82) is 0 Å². The van der Waals surface area contributed by atoms with E-state index in [0.29, 0.717) is 11.5 Å². The molecule has 1 nitrogen and oxygen atoms in total. The maximum atomic E-state index is 3.74. The second-order valence-electron chi connectivity index (χ2n) is 8.02. The van der Waals surface area contributed by atoms with Gasteiger partial charge in [0.05, 0.1) is 0 Å². The van der Waals surface area contributed by atoms with Crippen LogP contribution < -0.4 is 5.32 Å². The zero-order chi connectivity index (χ0) is 13.8. The summed E-state index contributed by atoms with van der Waals surface area (Å²) >= 11 is 0. The Morgan fingerprint density at radius 2 is 1.56 bits per heavy atom. The van der Waals surface area contributed by atoms with Gasteiger partial charge in [0, 0.05) is 6.04 Å². The van der Waals surface area contributed by atoms with Gasteiger partial charge in [0.15, 0.2) is 0 Å². The van der Waals surface area contributed by atoms with Crippen molar-refractivity contribution in [2.75, 3.05) is 6.54 Å². The molecule has 1 saturated carbocycles. The Morgan fingerprint density at radius 3 is 2.00 bits per heavy atom. The van der Waals surface area contributed by atoms with Crippen LogP contribution >= 0.6 is 0 Å². The summed E-state index contributed by atoms with van der Waals surface area (Å²) in [6.07, 6.45) is 7.05. The van der Waals surface area contributed by atoms with Gasteiger partial charge in [0.25, 0.3) is 0 Å². The summed E-state index contributed by atoms with van der Waals surface area (Å²) in [6.45, 7) is 15.4. The highest BCUT2D eigenvalue weighted by Gasteiger charge is 2.29. The smallest absolute Gasteiger partial charge is 0.00412 e. The van der Waals surface area contributed by atoms with Crippen LogP contribution in [0.5, 0.6) is 0 Å². The second-order valence-corrected chi connectivity index (χ2v) is 8.02. The Balaban J connectivity index is 2.20. The molecule has 0 heterocycles. The minimum atomic E-state index is 0.517. The standard InChI is InChI=1S/C17H35N/c1-13(2)11-14(3)18-12-15-7-9-16(10-8-15)17(4,5)6/h13-16,18H,7-12H2,1-6H3. The van der Waals surface area contributed by atoms with E-state index in [1.165, 1.54) is 38.6 Å². The van der Waals surface area contributed by atoms with E-state index in [1.807, 2.05) is 0 Å². The van der Waals surface area contributed by atoms with Crippen molar-refractivity contribution >= 4 is 0 Å².